The van der Waals surface area contributed by atoms with Crippen LogP contribution in [0.2, 0.25) is 0 Å². The molecule has 0 saturated carbocycles. The zero-order valence-electron chi connectivity index (χ0n) is 10.8. The van der Waals surface area contributed by atoms with Crippen LogP contribution in [0.5, 0.6) is 0 Å². The quantitative estimate of drug-likeness (QED) is 0.701. The highest BCUT2D eigenvalue weighted by molar-refractivity contribution is 4.54. The molecule has 0 aromatic carbocycles. The van der Waals surface area contributed by atoms with Gasteiger partial charge in [-0.1, -0.05) is 0 Å². The predicted octanol–water partition coefficient (Wildman–Crippen LogP) is -0.308. The highest BCUT2D eigenvalue weighted by Crippen LogP contribution is 1.98. The highest BCUT2D eigenvalue weighted by atomic mass is 16.6. The van der Waals surface area contributed by atoms with Crippen LogP contribution in [0.3, 0.4) is 0 Å². The summed E-state index contributed by atoms with van der Waals surface area (Å²) in [6, 6.07) is 0. The van der Waals surface area contributed by atoms with E-state index < -0.39 is 0 Å². The number of aliphatic hydroxyl groups excluding tert-OH is 1. The second-order valence-corrected chi connectivity index (χ2v) is 4.04. The van der Waals surface area contributed by atoms with Crippen molar-refractivity contribution >= 4 is 0 Å². The van der Waals surface area contributed by atoms with Crippen LogP contribution in [0.4, 0.5) is 0 Å². The van der Waals surface area contributed by atoms with Gasteiger partial charge in [0.2, 0.25) is 0 Å². The minimum atomic E-state index is 0.0150. The summed E-state index contributed by atoms with van der Waals surface area (Å²) >= 11 is 0. The van der Waals surface area contributed by atoms with Crippen LogP contribution in [-0.2, 0) is 23.7 Å². The molecule has 6 nitrogen and oxygen atoms in total. The Balaban J connectivity index is 2.15. The standard InChI is InChI=1S/C12H24O6/c13-9-12-10-17-7-5-15-3-1-14-2-4-16-6-8-18-11-12/h12-13H,1-11H2. The van der Waals surface area contributed by atoms with Crippen molar-refractivity contribution in [2.24, 2.45) is 5.92 Å². The van der Waals surface area contributed by atoms with Gasteiger partial charge in [0.25, 0.3) is 0 Å². The molecule has 1 heterocycles. The summed E-state index contributed by atoms with van der Waals surface area (Å²) < 4.78 is 26.7. The Labute approximate surface area is 108 Å². The van der Waals surface area contributed by atoms with Crippen molar-refractivity contribution in [3.63, 3.8) is 0 Å². The Hall–Kier alpha value is -0.240. The van der Waals surface area contributed by atoms with E-state index in [1.54, 1.807) is 0 Å². The molecule has 1 rings (SSSR count). The topological polar surface area (TPSA) is 66.4 Å². The second kappa shape index (κ2) is 11.8. The molecule has 1 aliphatic rings. The van der Waals surface area contributed by atoms with E-state index in [0.717, 1.165) is 0 Å². The second-order valence-electron chi connectivity index (χ2n) is 4.04. The lowest BCUT2D eigenvalue weighted by Gasteiger charge is -2.15. The summed E-state index contributed by atoms with van der Waals surface area (Å²) in [7, 11) is 0. The van der Waals surface area contributed by atoms with Gasteiger partial charge in [-0.15, -0.1) is 0 Å². The maximum Gasteiger partial charge on any atom is 0.0701 e. The maximum atomic E-state index is 9.14. The van der Waals surface area contributed by atoms with Gasteiger partial charge in [0.05, 0.1) is 72.7 Å². The number of hydrogen-bond donors (Lipinski definition) is 1. The van der Waals surface area contributed by atoms with Crippen LogP contribution in [0.15, 0.2) is 0 Å². The molecular formula is C12H24O6. The Morgan fingerprint density at radius 3 is 1.28 bits per heavy atom. The van der Waals surface area contributed by atoms with Gasteiger partial charge in [-0.3, -0.25) is 0 Å². The fourth-order valence-corrected chi connectivity index (χ4v) is 1.43. The van der Waals surface area contributed by atoms with E-state index in [9.17, 15) is 0 Å². The average molecular weight is 264 g/mol. The predicted molar refractivity (Wildman–Crippen MR) is 64.7 cm³/mol. The zero-order valence-corrected chi connectivity index (χ0v) is 10.8. The van der Waals surface area contributed by atoms with Crippen LogP contribution in [0, 0.1) is 5.92 Å². The molecule has 1 fully saturated rings. The molecule has 0 unspecified atom stereocenters. The summed E-state index contributed by atoms with van der Waals surface area (Å²) in [5.41, 5.74) is 0. The Bertz CT molecular complexity index is 162. The molecule has 0 amide bonds. The summed E-state index contributed by atoms with van der Waals surface area (Å²) in [6.45, 7) is 5.44. The van der Waals surface area contributed by atoms with Gasteiger partial charge < -0.3 is 28.8 Å². The molecule has 0 aromatic rings. The molecule has 0 bridgehead atoms. The van der Waals surface area contributed by atoms with Crippen LogP contribution < -0.4 is 0 Å². The molecule has 0 radical (unpaired) electrons. The molecule has 18 heavy (non-hydrogen) atoms. The van der Waals surface area contributed by atoms with Crippen molar-refractivity contribution in [3.8, 4) is 0 Å². The fourth-order valence-electron chi connectivity index (χ4n) is 1.43. The lowest BCUT2D eigenvalue weighted by atomic mass is 10.2. The minimum absolute atomic E-state index is 0.0150. The number of ether oxygens (including phenoxy) is 5. The lowest BCUT2D eigenvalue weighted by Crippen LogP contribution is -2.23. The van der Waals surface area contributed by atoms with Crippen LogP contribution in [0.25, 0.3) is 0 Å². The first kappa shape index (κ1) is 15.8. The fraction of sp³-hybridized carbons (Fsp3) is 1.00. The first-order chi connectivity index (χ1) is 8.93. The van der Waals surface area contributed by atoms with Gasteiger partial charge in [-0.25, -0.2) is 0 Å². The van der Waals surface area contributed by atoms with Gasteiger partial charge in [0.15, 0.2) is 0 Å². The first-order valence-corrected chi connectivity index (χ1v) is 6.43. The first-order valence-electron chi connectivity index (χ1n) is 6.43. The third-order valence-corrected chi connectivity index (χ3v) is 2.45. The maximum absolute atomic E-state index is 9.14. The molecule has 0 aliphatic carbocycles. The SMILES string of the molecule is OCC1COCCOCCOCCOCCOC1. The van der Waals surface area contributed by atoms with Crippen LogP contribution in [0.1, 0.15) is 0 Å². The zero-order chi connectivity index (χ0) is 12.9. The average Bonchev–Trinajstić information content (AvgIpc) is 2.39. The molecule has 1 aliphatic heterocycles. The molecule has 1 saturated heterocycles. The monoisotopic (exact) mass is 264 g/mol. The van der Waals surface area contributed by atoms with E-state index in [1.165, 1.54) is 0 Å². The van der Waals surface area contributed by atoms with Gasteiger partial charge >= 0.3 is 0 Å². The van der Waals surface area contributed by atoms with Gasteiger partial charge in [-0.2, -0.15) is 0 Å². The Morgan fingerprint density at radius 1 is 0.611 bits per heavy atom. The number of aliphatic hydroxyl groups is 1. The van der Waals surface area contributed by atoms with Crippen molar-refractivity contribution < 1.29 is 28.8 Å². The summed E-state index contributed by atoms with van der Waals surface area (Å²) in [4.78, 5) is 0. The molecule has 1 N–H and O–H groups in total. The molecule has 0 atom stereocenters. The van der Waals surface area contributed by atoms with Crippen molar-refractivity contribution in [2.45, 2.75) is 0 Å². The largest absolute Gasteiger partial charge is 0.396 e. The van der Waals surface area contributed by atoms with Crippen molar-refractivity contribution in [3.05, 3.63) is 0 Å². The van der Waals surface area contributed by atoms with E-state index in [2.05, 4.69) is 0 Å². The molecular weight excluding hydrogens is 240 g/mol. The molecule has 108 valence electrons. The van der Waals surface area contributed by atoms with E-state index in [1.807, 2.05) is 0 Å². The summed E-state index contributed by atoms with van der Waals surface area (Å²) in [5.74, 6) is 0.0150. The molecule has 0 aromatic heterocycles. The smallest absolute Gasteiger partial charge is 0.0701 e. The van der Waals surface area contributed by atoms with E-state index in [0.29, 0.717) is 66.1 Å². The normalized spacial score (nSPS) is 23.8. The number of rotatable bonds is 1. The Morgan fingerprint density at radius 2 is 0.944 bits per heavy atom. The van der Waals surface area contributed by atoms with Gasteiger partial charge in [0, 0.05) is 5.92 Å². The van der Waals surface area contributed by atoms with Crippen LogP contribution in [-0.4, -0.2) is 77.8 Å². The highest BCUT2D eigenvalue weighted by Gasteiger charge is 2.08. The van der Waals surface area contributed by atoms with Gasteiger partial charge in [-0.05, 0) is 0 Å². The minimum Gasteiger partial charge on any atom is -0.396 e. The summed E-state index contributed by atoms with van der Waals surface area (Å²) in [6.07, 6.45) is 0. The van der Waals surface area contributed by atoms with E-state index >= 15 is 0 Å². The van der Waals surface area contributed by atoms with E-state index in [-0.39, 0.29) is 12.5 Å². The molecule has 6 heteroatoms. The van der Waals surface area contributed by atoms with E-state index in [4.69, 9.17) is 28.8 Å². The van der Waals surface area contributed by atoms with Crippen LogP contribution >= 0.6 is 0 Å². The van der Waals surface area contributed by atoms with Crippen molar-refractivity contribution in [2.75, 3.05) is 72.7 Å². The summed E-state index contributed by atoms with van der Waals surface area (Å²) in [5, 5.41) is 9.14. The third kappa shape index (κ3) is 8.79. The van der Waals surface area contributed by atoms with Crippen molar-refractivity contribution in [1.29, 1.82) is 0 Å². The lowest BCUT2D eigenvalue weighted by molar-refractivity contribution is -0.0396. The van der Waals surface area contributed by atoms with Gasteiger partial charge in [0.1, 0.15) is 0 Å². The number of hydrogen-bond acceptors (Lipinski definition) is 6. The Kier molecular flexibility index (Phi) is 10.4. The third-order valence-electron chi connectivity index (χ3n) is 2.45. The van der Waals surface area contributed by atoms with Crippen molar-refractivity contribution in [1.82, 2.24) is 0 Å². The molecule has 0 spiro atoms.